The smallest absolute Gasteiger partial charge is 0.322 e. The fourth-order valence-electron chi connectivity index (χ4n) is 1.72. The first-order valence-corrected chi connectivity index (χ1v) is 6.03. The summed E-state index contributed by atoms with van der Waals surface area (Å²) >= 11 is 5.70. The van der Waals surface area contributed by atoms with Gasteiger partial charge in [0, 0.05) is 24.2 Å². The molecule has 102 valence electrons. The number of anilines is 1. The van der Waals surface area contributed by atoms with Gasteiger partial charge in [0.05, 0.1) is 18.1 Å². The molecule has 1 fully saturated rings. The van der Waals surface area contributed by atoms with Crippen LogP contribution in [0.2, 0.25) is 5.02 Å². The van der Waals surface area contributed by atoms with Gasteiger partial charge in [0.15, 0.2) is 0 Å². The molecule has 19 heavy (non-hydrogen) atoms. The van der Waals surface area contributed by atoms with Crippen molar-refractivity contribution in [2.75, 3.05) is 31.6 Å². The van der Waals surface area contributed by atoms with E-state index in [4.69, 9.17) is 16.3 Å². The molecule has 0 aromatic heterocycles. The fourth-order valence-corrected chi connectivity index (χ4v) is 1.89. The van der Waals surface area contributed by atoms with Gasteiger partial charge in [0.1, 0.15) is 5.69 Å². The third-order valence-corrected chi connectivity index (χ3v) is 2.93. The summed E-state index contributed by atoms with van der Waals surface area (Å²) in [5, 5.41) is 13.7. The van der Waals surface area contributed by atoms with Crippen LogP contribution in [0.4, 0.5) is 16.2 Å². The highest BCUT2D eigenvalue weighted by atomic mass is 35.5. The maximum atomic E-state index is 11.9. The zero-order valence-corrected chi connectivity index (χ0v) is 10.7. The number of nitro benzene ring substituents is 1. The standard InChI is InChI=1S/C11H12ClN3O4/c12-8-1-2-9(10(7-8)15(17)18)13-11(16)14-3-5-19-6-4-14/h1-2,7H,3-6H2,(H,13,16). The second kappa shape index (κ2) is 5.85. The normalized spacial score (nSPS) is 15.1. The van der Waals surface area contributed by atoms with Crippen LogP contribution in [0.15, 0.2) is 18.2 Å². The molecular formula is C11H12ClN3O4. The molecule has 1 aliphatic heterocycles. The largest absolute Gasteiger partial charge is 0.378 e. The molecule has 0 radical (unpaired) electrons. The number of hydrogen-bond donors (Lipinski definition) is 1. The Balaban J connectivity index is 2.13. The van der Waals surface area contributed by atoms with Gasteiger partial charge in [-0.05, 0) is 12.1 Å². The summed E-state index contributed by atoms with van der Waals surface area (Å²) in [4.78, 5) is 23.8. The molecule has 0 bridgehead atoms. The minimum atomic E-state index is -0.583. The van der Waals surface area contributed by atoms with Crippen molar-refractivity contribution in [3.8, 4) is 0 Å². The van der Waals surface area contributed by atoms with E-state index in [0.717, 1.165) is 0 Å². The number of carbonyl (C=O) groups excluding carboxylic acids is 1. The molecule has 8 heteroatoms. The molecule has 2 amide bonds. The maximum absolute atomic E-state index is 11.9. The van der Waals surface area contributed by atoms with E-state index >= 15 is 0 Å². The Morgan fingerprint density at radius 2 is 2.11 bits per heavy atom. The monoisotopic (exact) mass is 285 g/mol. The van der Waals surface area contributed by atoms with Crippen LogP contribution in [-0.4, -0.2) is 42.2 Å². The predicted molar refractivity (Wildman–Crippen MR) is 69.5 cm³/mol. The quantitative estimate of drug-likeness (QED) is 0.666. The third-order valence-electron chi connectivity index (χ3n) is 2.70. The summed E-state index contributed by atoms with van der Waals surface area (Å²) < 4.78 is 5.13. The van der Waals surface area contributed by atoms with Gasteiger partial charge in [-0.25, -0.2) is 4.79 Å². The first kappa shape index (κ1) is 13.6. The van der Waals surface area contributed by atoms with Crippen molar-refractivity contribution < 1.29 is 14.5 Å². The van der Waals surface area contributed by atoms with E-state index in [0.29, 0.717) is 26.3 Å². The Morgan fingerprint density at radius 3 is 2.74 bits per heavy atom. The van der Waals surface area contributed by atoms with Gasteiger partial charge < -0.3 is 15.0 Å². The average molecular weight is 286 g/mol. The number of hydrogen-bond acceptors (Lipinski definition) is 4. The number of nitrogens with zero attached hydrogens (tertiary/aromatic N) is 2. The van der Waals surface area contributed by atoms with Crippen LogP contribution >= 0.6 is 11.6 Å². The molecule has 1 heterocycles. The number of amides is 2. The van der Waals surface area contributed by atoms with E-state index < -0.39 is 4.92 Å². The zero-order chi connectivity index (χ0) is 13.8. The van der Waals surface area contributed by atoms with Crippen LogP contribution in [0, 0.1) is 10.1 Å². The molecule has 0 unspecified atom stereocenters. The zero-order valence-electron chi connectivity index (χ0n) is 9.97. The van der Waals surface area contributed by atoms with Gasteiger partial charge in [0.2, 0.25) is 0 Å². The highest BCUT2D eigenvalue weighted by molar-refractivity contribution is 6.31. The van der Waals surface area contributed by atoms with Gasteiger partial charge >= 0.3 is 6.03 Å². The van der Waals surface area contributed by atoms with Gasteiger partial charge in [-0.1, -0.05) is 11.6 Å². The summed E-state index contributed by atoms with van der Waals surface area (Å²) in [7, 11) is 0. The van der Waals surface area contributed by atoms with E-state index in [2.05, 4.69) is 5.32 Å². The number of halogens is 1. The third kappa shape index (κ3) is 3.33. The number of rotatable bonds is 2. The van der Waals surface area contributed by atoms with Gasteiger partial charge in [0.25, 0.3) is 5.69 Å². The van der Waals surface area contributed by atoms with Gasteiger partial charge in [-0.3, -0.25) is 10.1 Å². The van der Waals surface area contributed by atoms with E-state index in [-0.39, 0.29) is 22.4 Å². The lowest BCUT2D eigenvalue weighted by Gasteiger charge is -2.26. The Kier molecular flexibility index (Phi) is 4.18. The van der Waals surface area contributed by atoms with Crippen molar-refractivity contribution >= 4 is 29.0 Å². The van der Waals surface area contributed by atoms with Crippen molar-refractivity contribution in [2.45, 2.75) is 0 Å². The molecule has 7 nitrogen and oxygen atoms in total. The van der Waals surface area contributed by atoms with Crippen LogP contribution in [0.5, 0.6) is 0 Å². The second-order valence-corrected chi connectivity index (χ2v) is 4.38. The van der Waals surface area contributed by atoms with Crippen molar-refractivity contribution in [1.82, 2.24) is 4.90 Å². The van der Waals surface area contributed by atoms with Gasteiger partial charge in [-0.15, -0.1) is 0 Å². The molecule has 1 N–H and O–H groups in total. The van der Waals surface area contributed by atoms with Crippen molar-refractivity contribution in [1.29, 1.82) is 0 Å². The molecule has 1 aliphatic rings. The number of benzene rings is 1. The van der Waals surface area contributed by atoms with E-state index in [1.165, 1.54) is 18.2 Å². The Labute approximate surface area is 114 Å². The van der Waals surface area contributed by atoms with Crippen LogP contribution < -0.4 is 5.32 Å². The molecule has 1 aromatic carbocycles. The van der Waals surface area contributed by atoms with Crippen LogP contribution in [0.1, 0.15) is 0 Å². The summed E-state index contributed by atoms with van der Waals surface area (Å²) in [5.74, 6) is 0. The summed E-state index contributed by atoms with van der Waals surface area (Å²) in [6.07, 6.45) is 0. The topological polar surface area (TPSA) is 84.7 Å². The number of ether oxygens (including phenoxy) is 1. The number of nitro groups is 1. The number of urea groups is 1. The lowest BCUT2D eigenvalue weighted by Crippen LogP contribution is -2.43. The number of morpholine rings is 1. The molecular weight excluding hydrogens is 274 g/mol. The molecule has 0 spiro atoms. The Hall–Kier alpha value is -1.86. The van der Waals surface area contributed by atoms with Gasteiger partial charge in [-0.2, -0.15) is 0 Å². The Morgan fingerprint density at radius 1 is 1.42 bits per heavy atom. The predicted octanol–water partition coefficient (Wildman–Crippen LogP) is 2.11. The van der Waals surface area contributed by atoms with Crippen molar-refractivity contribution in [3.63, 3.8) is 0 Å². The minimum Gasteiger partial charge on any atom is -0.378 e. The molecule has 1 saturated heterocycles. The molecule has 2 rings (SSSR count). The lowest BCUT2D eigenvalue weighted by atomic mass is 10.2. The fraction of sp³-hybridized carbons (Fsp3) is 0.364. The molecule has 0 saturated carbocycles. The second-order valence-electron chi connectivity index (χ2n) is 3.95. The van der Waals surface area contributed by atoms with Crippen LogP contribution in [0.25, 0.3) is 0 Å². The van der Waals surface area contributed by atoms with Crippen LogP contribution in [-0.2, 0) is 4.74 Å². The first-order valence-electron chi connectivity index (χ1n) is 5.65. The molecule has 0 atom stereocenters. The number of carbonyl (C=O) groups is 1. The first-order chi connectivity index (χ1) is 9.08. The maximum Gasteiger partial charge on any atom is 0.322 e. The average Bonchev–Trinajstić information content (AvgIpc) is 2.41. The highest BCUT2D eigenvalue weighted by Crippen LogP contribution is 2.27. The van der Waals surface area contributed by atoms with Crippen molar-refractivity contribution in [3.05, 3.63) is 33.3 Å². The highest BCUT2D eigenvalue weighted by Gasteiger charge is 2.21. The van der Waals surface area contributed by atoms with Crippen LogP contribution in [0.3, 0.4) is 0 Å². The summed E-state index contributed by atoms with van der Waals surface area (Å²) in [6.45, 7) is 1.87. The van der Waals surface area contributed by atoms with E-state index in [1.807, 2.05) is 0 Å². The molecule has 0 aliphatic carbocycles. The lowest BCUT2D eigenvalue weighted by molar-refractivity contribution is -0.383. The Bertz CT molecular complexity index is 503. The number of nitrogens with one attached hydrogen (secondary N) is 1. The molecule has 1 aromatic rings. The SMILES string of the molecule is O=C(Nc1ccc(Cl)cc1[N+](=O)[O-])N1CCOCC1. The summed E-state index contributed by atoms with van der Waals surface area (Å²) in [5.41, 5.74) is -0.0972. The minimum absolute atomic E-state index is 0.130. The van der Waals surface area contributed by atoms with E-state index in [9.17, 15) is 14.9 Å². The van der Waals surface area contributed by atoms with E-state index in [1.54, 1.807) is 4.90 Å². The van der Waals surface area contributed by atoms with Crippen molar-refractivity contribution in [2.24, 2.45) is 0 Å². The summed E-state index contributed by atoms with van der Waals surface area (Å²) in [6, 6.07) is 3.73.